The average Bonchev–Trinajstić information content (AvgIpc) is 2.78. The Morgan fingerprint density at radius 2 is 2.15 bits per heavy atom. The van der Waals surface area contributed by atoms with E-state index in [0.29, 0.717) is 36.2 Å². The number of likely N-dealkylation sites (tertiary alicyclic amines) is 1. The number of halogens is 3. The zero-order valence-corrected chi connectivity index (χ0v) is 19.7. The predicted octanol–water partition coefficient (Wildman–Crippen LogP) is 4.56. The summed E-state index contributed by atoms with van der Waals surface area (Å²) >= 11 is 1.43. The highest BCUT2D eigenvalue weighted by Gasteiger charge is 2.32. The van der Waals surface area contributed by atoms with Crippen molar-refractivity contribution >= 4 is 17.7 Å². The first-order chi connectivity index (χ1) is 16.1. The van der Waals surface area contributed by atoms with Crippen molar-refractivity contribution < 1.29 is 27.8 Å². The summed E-state index contributed by atoms with van der Waals surface area (Å²) in [6.45, 7) is 5.95. The minimum atomic E-state index is -4.58. The van der Waals surface area contributed by atoms with Gasteiger partial charge in [-0.2, -0.15) is 18.4 Å². The van der Waals surface area contributed by atoms with Crippen LogP contribution in [-0.2, 0) is 15.7 Å². The zero-order valence-electron chi connectivity index (χ0n) is 18.9. The zero-order chi connectivity index (χ0) is 24.9. The molecule has 1 aliphatic rings. The van der Waals surface area contributed by atoms with Gasteiger partial charge in [0.2, 0.25) is 0 Å². The fraction of sp³-hybridized carbons (Fsp3) is 0.478. The average molecular weight is 495 g/mol. The predicted molar refractivity (Wildman–Crippen MR) is 120 cm³/mol. The molecular formula is C23H25F3N4O3S. The SMILES string of the molecule is CCOC(=O)CCN1CCC[C@@H](Sc2nnc(-c3ccc(C(F)(F)F)cc3O)c(C)c2C#N)C1. The summed E-state index contributed by atoms with van der Waals surface area (Å²) in [5.41, 5.74) is -0.0273. The molecule has 1 fully saturated rings. The summed E-state index contributed by atoms with van der Waals surface area (Å²) in [5.74, 6) is -0.811. The Labute approximate surface area is 199 Å². The normalized spacial score (nSPS) is 16.8. The van der Waals surface area contributed by atoms with E-state index in [1.54, 1.807) is 13.8 Å². The van der Waals surface area contributed by atoms with Crippen molar-refractivity contribution in [1.82, 2.24) is 15.1 Å². The Morgan fingerprint density at radius 1 is 1.38 bits per heavy atom. The molecule has 1 saturated heterocycles. The molecule has 1 N–H and O–H groups in total. The van der Waals surface area contributed by atoms with E-state index < -0.39 is 17.5 Å². The molecule has 7 nitrogen and oxygen atoms in total. The second-order valence-corrected chi connectivity index (χ2v) is 9.22. The smallest absolute Gasteiger partial charge is 0.416 e. The van der Waals surface area contributed by atoms with Crippen LogP contribution in [0.25, 0.3) is 11.3 Å². The molecule has 1 atom stereocenters. The van der Waals surface area contributed by atoms with E-state index in [2.05, 4.69) is 21.2 Å². The molecule has 3 rings (SSSR count). The summed E-state index contributed by atoms with van der Waals surface area (Å²) in [6.07, 6.45) is -2.42. The van der Waals surface area contributed by atoms with Gasteiger partial charge in [0.15, 0.2) is 0 Å². The number of thioether (sulfide) groups is 1. The number of ether oxygens (including phenoxy) is 1. The van der Waals surface area contributed by atoms with Gasteiger partial charge in [-0.1, -0.05) is 11.8 Å². The summed E-state index contributed by atoms with van der Waals surface area (Å²) in [7, 11) is 0. The first-order valence-electron chi connectivity index (χ1n) is 10.9. The van der Waals surface area contributed by atoms with Crippen LogP contribution in [0.5, 0.6) is 5.75 Å². The van der Waals surface area contributed by atoms with Crippen LogP contribution < -0.4 is 0 Å². The van der Waals surface area contributed by atoms with E-state index in [4.69, 9.17) is 4.74 Å². The standard InChI is InChI=1S/C23H25F3N4O3S/c1-3-33-20(32)8-10-30-9-4-5-16(13-30)34-22-18(12-27)14(2)21(28-29-22)17-7-6-15(11-19(17)31)23(24,25)26/h6-7,11,16,31H,3-5,8-10,13H2,1-2H3/t16-/m1/s1. The van der Waals surface area contributed by atoms with Crippen LogP contribution in [-0.4, -0.2) is 57.7 Å². The van der Waals surface area contributed by atoms with E-state index in [9.17, 15) is 28.3 Å². The van der Waals surface area contributed by atoms with Crippen LogP contribution >= 0.6 is 11.8 Å². The Kier molecular flexibility index (Phi) is 8.38. The topological polar surface area (TPSA) is 99.3 Å². The lowest BCUT2D eigenvalue weighted by molar-refractivity contribution is -0.143. The van der Waals surface area contributed by atoms with Gasteiger partial charge in [-0.05, 0) is 57.0 Å². The van der Waals surface area contributed by atoms with E-state index in [1.165, 1.54) is 11.8 Å². The Bertz CT molecular complexity index is 1090. The van der Waals surface area contributed by atoms with Crippen molar-refractivity contribution in [3.05, 3.63) is 34.9 Å². The minimum Gasteiger partial charge on any atom is -0.507 e. The highest BCUT2D eigenvalue weighted by Crippen LogP contribution is 2.39. The van der Waals surface area contributed by atoms with Crippen LogP contribution in [0.4, 0.5) is 13.2 Å². The Hall–Kier alpha value is -2.84. The molecule has 2 aromatic rings. The lowest BCUT2D eigenvalue weighted by atomic mass is 10.0. The van der Waals surface area contributed by atoms with Gasteiger partial charge in [0.1, 0.15) is 22.5 Å². The van der Waals surface area contributed by atoms with Crippen molar-refractivity contribution in [1.29, 1.82) is 5.26 Å². The number of carbonyl (C=O) groups excluding carboxylic acids is 1. The van der Waals surface area contributed by atoms with E-state index >= 15 is 0 Å². The number of nitriles is 1. The van der Waals surface area contributed by atoms with Gasteiger partial charge >= 0.3 is 12.1 Å². The summed E-state index contributed by atoms with van der Waals surface area (Å²) in [5, 5.41) is 28.8. The number of benzene rings is 1. The van der Waals surface area contributed by atoms with E-state index in [1.807, 2.05) is 0 Å². The summed E-state index contributed by atoms with van der Waals surface area (Å²) in [6, 6.07) is 4.75. The molecule has 0 amide bonds. The highest BCUT2D eigenvalue weighted by atomic mass is 32.2. The number of nitrogens with zero attached hydrogens (tertiary/aromatic N) is 4. The van der Waals surface area contributed by atoms with Crippen molar-refractivity contribution in [3.63, 3.8) is 0 Å². The van der Waals surface area contributed by atoms with Gasteiger partial charge in [0.25, 0.3) is 0 Å². The van der Waals surface area contributed by atoms with Crippen molar-refractivity contribution in [2.45, 2.75) is 49.6 Å². The van der Waals surface area contributed by atoms with Crippen LogP contribution in [0, 0.1) is 18.3 Å². The number of carbonyl (C=O) groups is 1. The molecular weight excluding hydrogens is 469 g/mol. The second kappa shape index (κ2) is 11.1. The van der Waals surface area contributed by atoms with Crippen LogP contribution in [0.3, 0.4) is 0 Å². The summed E-state index contributed by atoms with van der Waals surface area (Å²) < 4.78 is 43.7. The van der Waals surface area contributed by atoms with Crippen LogP contribution in [0.2, 0.25) is 0 Å². The third kappa shape index (κ3) is 6.18. The number of hydrogen-bond donors (Lipinski definition) is 1. The number of hydrogen-bond acceptors (Lipinski definition) is 8. The number of phenols is 1. The fourth-order valence-electron chi connectivity index (χ4n) is 3.83. The monoisotopic (exact) mass is 494 g/mol. The number of aromatic nitrogens is 2. The third-order valence-corrected chi connectivity index (χ3v) is 6.78. The molecule has 0 radical (unpaired) electrons. The molecule has 1 aromatic heterocycles. The highest BCUT2D eigenvalue weighted by molar-refractivity contribution is 8.00. The molecule has 0 aliphatic carbocycles. The molecule has 0 spiro atoms. The molecule has 1 aliphatic heterocycles. The first-order valence-corrected chi connectivity index (χ1v) is 11.7. The molecule has 0 unspecified atom stereocenters. The van der Waals surface area contributed by atoms with Crippen LogP contribution in [0.1, 0.15) is 42.9 Å². The van der Waals surface area contributed by atoms with Gasteiger partial charge in [0, 0.05) is 23.9 Å². The number of phenolic OH excluding ortho intramolecular Hbond substituents is 1. The third-order valence-electron chi connectivity index (χ3n) is 5.55. The number of piperidine rings is 1. The molecule has 2 heterocycles. The Balaban J connectivity index is 1.77. The molecule has 11 heteroatoms. The first kappa shape index (κ1) is 25.8. The van der Waals surface area contributed by atoms with Crippen molar-refractivity contribution in [2.75, 3.05) is 26.2 Å². The van der Waals surface area contributed by atoms with Gasteiger partial charge in [-0.3, -0.25) is 4.79 Å². The molecule has 0 saturated carbocycles. The minimum absolute atomic E-state index is 0.0776. The lowest BCUT2D eigenvalue weighted by Crippen LogP contribution is -2.38. The van der Waals surface area contributed by atoms with Gasteiger partial charge in [-0.15, -0.1) is 10.2 Å². The van der Waals surface area contributed by atoms with E-state index in [0.717, 1.165) is 38.1 Å². The van der Waals surface area contributed by atoms with Gasteiger partial charge < -0.3 is 14.7 Å². The largest absolute Gasteiger partial charge is 0.507 e. The number of esters is 1. The maximum Gasteiger partial charge on any atom is 0.416 e. The lowest BCUT2D eigenvalue weighted by Gasteiger charge is -2.32. The second-order valence-electron chi connectivity index (χ2n) is 7.93. The van der Waals surface area contributed by atoms with Crippen LogP contribution in [0.15, 0.2) is 23.2 Å². The van der Waals surface area contributed by atoms with Crippen molar-refractivity contribution in [2.24, 2.45) is 0 Å². The number of aromatic hydroxyl groups is 1. The van der Waals surface area contributed by atoms with Gasteiger partial charge in [-0.25, -0.2) is 0 Å². The fourth-order valence-corrected chi connectivity index (χ4v) is 5.12. The number of alkyl halides is 3. The molecule has 0 bridgehead atoms. The molecule has 182 valence electrons. The number of rotatable bonds is 7. The maximum absolute atomic E-state index is 12.9. The molecule has 34 heavy (non-hydrogen) atoms. The van der Waals surface area contributed by atoms with Crippen molar-refractivity contribution in [3.8, 4) is 23.1 Å². The van der Waals surface area contributed by atoms with Gasteiger partial charge in [0.05, 0.1) is 24.2 Å². The quantitative estimate of drug-likeness (QED) is 0.560. The summed E-state index contributed by atoms with van der Waals surface area (Å²) in [4.78, 5) is 13.8. The maximum atomic E-state index is 12.9. The Morgan fingerprint density at radius 3 is 2.79 bits per heavy atom. The van der Waals surface area contributed by atoms with E-state index in [-0.39, 0.29) is 28.0 Å². The molecule has 1 aromatic carbocycles.